The molecule has 2 aromatic rings. The molecule has 0 saturated carbocycles. The van der Waals surface area contributed by atoms with Gasteiger partial charge in [0.15, 0.2) is 0 Å². The van der Waals surface area contributed by atoms with Crippen LogP contribution in [0.3, 0.4) is 0 Å². The summed E-state index contributed by atoms with van der Waals surface area (Å²) in [6, 6.07) is 13.4. The molecule has 0 heterocycles. The Morgan fingerprint density at radius 1 is 1.07 bits per heavy atom. The molecule has 0 aromatic heterocycles. The van der Waals surface area contributed by atoms with Gasteiger partial charge in [-0.2, -0.15) is 5.10 Å². The molecule has 27 heavy (non-hydrogen) atoms. The number of carbonyl (C=O) groups is 1. The Balaban J connectivity index is 2.16. The van der Waals surface area contributed by atoms with Gasteiger partial charge in [-0.1, -0.05) is 31.5 Å². The van der Waals surface area contributed by atoms with E-state index < -0.39 is 0 Å². The number of hydrogen-bond acceptors (Lipinski definition) is 4. The summed E-state index contributed by atoms with van der Waals surface area (Å²) < 4.78 is 5.50. The summed E-state index contributed by atoms with van der Waals surface area (Å²) in [7, 11) is 1.68. The van der Waals surface area contributed by atoms with Crippen LogP contribution >= 0.6 is 0 Å². The summed E-state index contributed by atoms with van der Waals surface area (Å²) in [5.74, 6) is 0.647. The molecular weight excluding hydrogens is 338 g/mol. The third kappa shape index (κ3) is 5.66. The van der Waals surface area contributed by atoms with Gasteiger partial charge in [-0.25, -0.2) is 5.43 Å². The molecule has 0 spiro atoms. The van der Waals surface area contributed by atoms with Crippen molar-refractivity contribution >= 4 is 11.6 Å². The minimum absolute atomic E-state index is 0.216. The number of aryl methyl sites for hydroxylation is 1. The first-order chi connectivity index (χ1) is 13.0. The van der Waals surface area contributed by atoms with Crippen LogP contribution in [0, 0.1) is 6.92 Å². The zero-order valence-corrected chi connectivity index (χ0v) is 16.9. The van der Waals surface area contributed by atoms with Crippen molar-refractivity contribution in [3.63, 3.8) is 0 Å². The van der Waals surface area contributed by atoms with Gasteiger partial charge >= 0.3 is 0 Å². The molecule has 0 atom stereocenters. The topological polar surface area (TPSA) is 53.9 Å². The van der Waals surface area contributed by atoms with Crippen LogP contribution in [0.25, 0.3) is 0 Å². The van der Waals surface area contributed by atoms with Crippen LogP contribution in [0.15, 0.2) is 47.6 Å². The molecule has 2 aromatic carbocycles. The highest BCUT2D eigenvalue weighted by Crippen LogP contribution is 2.22. The Bertz CT molecular complexity index is 794. The number of ether oxygens (including phenoxy) is 1. The van der Waals surface area contributed by atoms with Crippen molar-refractivity contribution in [2.75, 3.05) is 20.2 Å². The molecule has 144 valence electrons. The summed E-state index contributed by atoms with van der Waals surface area (Å²) in [5.41, 5.74) is 7.16. The van der Waals surface area contributed by atoms with Gasteiger partial charge in [-0.15, -0.1) is 0 Å². The van der Waals surface area contributed by atoms with Crippen molar-refractivity contribution in [3.8, 4) is 5.75 Å². The van der Waals surface area contributed by atoms with Crippen LogP contribution in [0.2, 0.25) is 0 Å². The highest BCUT2D eigenvalue weighted by molar-refractivity contribution is 6.01. The van der Waals surface area contributed by atoms with Crippen LogP contribution < -0.4 is 10.2 Å². The molecule has 5 heteroatoms. The predicted octanol–water partition coefficient (Wildman–Crippen LogP) is 4.00. The first-order valence-electron chi connectivity index (χ1n) is 9.29. The van der Waals surface area contributed by atoms with Gasteiger partial charge in [0.05, 0.1) is 12.8 Å². The Kier molecular flexibility index (Phi) is 7.55. The number of amides is 1. The molecule has 5 nitrogen and oxygen atoms in total. The highest BCUT2D eigenvalue weighted by Gasteiger charge is 2.10. The maximum atomic E-state index is 12.2. The van der Waals surface area contributed by atoms with Gasteiger partial charge < -0.3 is 4.74 Å². The molecule has 2 rings (SSSR count). The van der Waals surface area contributed by atoms with E-state index in [9.17, 15) is 4.79 Å². The molecule has 0 aliphatic carbocycles. The van der Waals surface area contributed by atoms with Gasteiger partial charge in [0.25, 0.3) is 5.91 Å². The van der Waals surface area contributed by atoms with Crippen molar-refractivity contribution in [2.45, 2.75) is 34.2 Å². The summed E-state index contributed by atoms with van der Waals surface area (Å²) in [5, 5.41) is 4.27. The number of nitrogens with zero attached hydrogens (tertiary/aromatic N) is 2. The van der Waals surface area contributed by atoms with Crippen LogP contribution in [0.1, 0.15) is 47.8 Å². The van der Waals surface area contributed by atoms with E-state index in [4.69, 9.17) is 4.74 Å². The minimum atomic E-state index is -0.216. The molecule has 0 bridgehead atoms. The zero-order chi connectivity index (χ0) is 19.8. The largest absolute Gasteiger partial charge is 0.496 e. The second kappa shape index (κ2) is 9.88. The van der Waals surface area contributed by atoms with Gasteiger partial charge in [0, 0.05) is 17.7 Å². The molecular formula is C22H29N3O2. The van der Waals surface area contributed by atoms with E-state index in [0.29, 0.717) is 5.56 Å². The zero-order valence-electron chi connectivity index (χ0n) is 16.9. The van der Waals surface area contributed by atoms with Gasteiger partial charge in [-0.3, -0.25) is 9.69 Å². The van der Waals surface area contributed by atoms with Crippen LogP contribution in [-0.2, 0) is 6.54 Å². The van der Waals surface area contributed by atoms with E-state index in [2.05, 4.69) is 35.3 Å². The molecule has 0 aliphatic rings. The number of nitrogens with one attached hydrogen (secondary N) is 1. The fraction of sp³-hybridized carbons (Fsp3) is 0.364. The Morgan fingerprint density at radius 2 is 1.70 bits per heavy atom. The summed E-state index contributed by atoms with van der Waals surface area (Å²) in [6.45, 7) is 10.9. The SMILES string of the molecule is CCN(CC)Cc1cc(/C(C)=N\NC(=O)c2ccc(C)cc2)ccc1OC. The molecule has 0 unspecified atom stereocenters. The van der Waals surface area contributed by atoms with Crippen molar-refractivity contribution in [1.82, 2.24) is 10.3 Å². The van der Waals surface area contributed by atoms with Crippen molar-refractivity contribution < 1.29 is 9.53 Å². The average Bonchev–Trinajstić information content (AvgIpc) is 2.70. The van der Waals surface area contributed by atoms with Crippen LogP contribution in [0.4, 0.5) is 0 Å². The fourth-order valence-corrected chi connectivity index (χ4v) is 2.78. The second-order valence-corrected chi connectivity index (χ2v) is 6.49. The maximum Gasteiger partial charge on any atom is 0.271 e. The van der Waals surface area contributed by atoms with E-state index in [0.717, 1.165) is 47.8 Å². The Hall–Kier alpha value is -2.66. The number of benzene rings is 2. The third-order valence-electron chi connectivity index (χ3n) is 4.63. The van der Waals surface area contributed by atoms with E-state index in [-0.39, 0.29) is 5.91 Å². The first kappa shape index (κ1) is 20.6. The maximum absolute atomic E-state index is 12.2. The van der Waals surface area contributed by atoms with Crippen molar-refractivity contribution in [2.24, 2.45) is 5.10 Å². The number of hydrogen-bond donors (Lipinski definition) is 1. The lowest BCUT2D eigenvalue weighted by molar-refractivity contribution is 0.0955. The normalized spacial score (nSPS) is 11.6. The van der Waals surface area contributed by atoms with Crippen LogP contribution in [-0.4, -0.2) is 36.7 Å². The van der Waals surface area contributed by atoms with E-state index >= 15 is 0 Å². The Morgan fingerprint density at radius 3 is 2.30 bits per heavy atom. The summed E-state index contributed by atoms with van der Waals surface area (Å²) >= 11 is 0. The monoisotopic (exact) mass is 367 g/mol. The number of carbonyl (C=O) groups excluding carboxylic acids is 1. The summed E-state index contributed by atoms with van der Waals surface area (Å²) in [6.07, 6.45) is 0. The molecule has 1 amide bonds. The Labute approximate surface area is 162 Å². The van der Waals surface area contributed by atoms with E-state index in [1.165, 1.54) is 0 Å². The van der Waals surface area contributed by atoms with Crippen molar-refractivity contribution in [1.29, 1.82) is 0 Å². The smallest absolute Gasteiger partial charge is 0.271 e. The van der Waals surface area contributed by atoms with E-state index in [1.807, 2.05) is 38.1 Å². The summed E-state index contributed by atoms with van der Waals surface area (Å²) in [4.78, 5) is 14.6. The highest BCUT2D eigenvalue weighted by atomic mass is 16.5. The lowest BCUT2D eigenvalue weighted by Gasteiger charge is -2.20. The lowest BCUT2D eigenvalue weighted by Crippen LogP contribution is -2.22. The standard InChI is InChI=1S/C22H29N3O2/c1-6-25(7-2)15-20-14-19(12-13-21(20)27-5)17(4)23-24-22(26)18-10-8-16(3)9-11-18/h8-14H,6-7,15H2,1-5H3,(H,24,26)/b23-17-. The predicted molar refractivity (Wildman–Crippen MR) is 110 cm³/mol. The number of rotatable bonds is 8. The fourth-order valence-electron chi connectivity index (χ4n) is 2.78. The third-order valence-corrected chi connectivity index (χ3v) is 4.63. The van der Waals surface area contributed by atoms with Gasteiger partial charge in [0.2, 0.25) is 0 Å². The van der Waals surface area contributed by atoms with Crippen LogP contribution in [0.5, 0.6) is 5.75 Å². The lowest BCUT2D eigenvalue weighted by atomic mass is 10.1. The quantitative estimate of drug-likeness (QED) is 0.567. The molecule has 0 radical (unpaired) electrons. The molecule has 1 N–H and O–H groups in total. The number of hydrazone groups is 1. The molecule has 0 saturated heterocycles. The molecule has 0 fully saturated rings. The first-order valence-corrected chi connectivity index (χ1v) is 9.29. The van der Waals surface area contributed by atoms with Gasteiger partial charge in [-0.05, 0) is 62.8 Å². The second-order valence-electron chi connectivity index (χ2n) is 6.49. The van der Waals surface area contributed by atoms with E-state index in [1.54, 1.807) is 19.2 Å². The van der Waals surface area contributed by atoms with Gasteiger partial charge in [0.1, 0.15) is 5.75 Å². The van der Waals surface area contributed by atoms with Crippen molar-refractivity contribution in [3.05, 3.63) is 64.7 Å². The molecule has 0 aliphatic heterocycles. The minimum Gasteiger partial charge on any atom is -0.496 e. The number of methoxy groups -OCH3 is 1. The average molecular weight is 367 g/mol.